The lowest BCUT2D eigenvalue weighted by Crippen LogP contribution is -2.50. The molecule has 1 heterocycles. The van der Waals surface area contributed by atoms with Crippen molar-refractivity contribution in [1.29, 1.82) is 0 Å². The van der Waals surface area contributed by atoms with Gasteiger partial charge in [-0.15, -0.1) is 12.4 Å². The van der Waals surface area contributed by atoms with Crippen LogP contribution in [-0.4, -0.2) is 37.0 Å². The Morgan fingerprint density at radius 2 is 1.95 bits per heavy atom. The van der Waals surface area contributed by atoms with E-state index in [9.17, 15) is 4.79 Å². The minimum Gasteiger partial charge on any atom is -0.387 e. The second-order valence-electron chi connectivity index (χ2n) is 5.82. The first-order valence-corrected chi connectivity index (χ1v) is 7.50. The molecule has 1 saturated carbocycles. The van der Waals surface area contributed by atoms with Gasteiger partial charge >= 0.3 is 0 Å². The number of nitrogens with one attached hydrogen (secondary N) is 1. The highest BCUT2D eigenvalue weighted by Gasteiger charge is 2.41. The number of likely N-dealkylation sites (tertiary alicyclic amines) is 1. The molecule has 116 valence electrons. The summed E-state index contributed by atoms with van der Waals surface area (Å²) in [6.07, 6.45) is 2.29. The molecular formula is C15H21Cl2N3O. The summed E-state index contributed by atoms with van der Waals surface area (Å²) in [6, 6.07) is 5.65. The molecule has 1 amide bonds. The van der Waals surface area contributed by atoms with Gasteiger partial charge in [-0.25, -0.2) is 0 Å². The molecule has 1 aromatic carbocycles. The third-order valence-corrected chi connectivity index (χ3v) is 4.91. The van der Waals surface area contributed by atoms with Crippen molar-refractivity contribution in [3.8, 4) is 0 Å². The number of carbonyl (C=O) groups is 1. The number of halogens is 2. The van der Waals surface area contributed by atoms with Gasteiger partial charge in [0.2, 0.25) is 0 Å². The highest BCUT2D eigenvalue weighted by molar-refractivity contribution is 6.31. The topological polar surface area (TPSA) is 58.4 Å². The second kappa shape index (κ2) is 6.42. The molecule has 1 aliphatic heterocycles. The molecule has 4 nitrogen and oxygen atoms in total. The highest BCUT2D eigenvalue weighted by atomic mass is 35.5. The zero-order valence-electron chi connectivity index (χ0n) is 12.0. The zero-order valence-corrected chi connectivity index (χ0v) is 13.6. The zero-order chi connectivity index (χ0) is 14.3. The van der Waals surface area contributed by atoms with Crippen LogP contribution in [0.15, 0.2) is 18.2 Å². The summed E-state index contributed by atoms with van der Waals surface area (Å²) >= 11 is 6.03. The van der Waals surface area contributed by atoms with Crippen LogP contribution in [0.3, 0.4) is 0 Å². The first-order chi connectivity index (χ1) is 9.60. The lowest BCUT2D eigenvalue weighted by molar-refractivity contribution is 0.0638. The number of rotatable bonds is 2. The molecule has 21 heavy (non-hydrogen) atoms. The van der Waals surface area contributed by atoms with E-state index in [0.29, 0.717) is 22.4 Å². The van der Waals surface area contributed by atoms with E-state index in [-0.39, 0.29) is 24.4 Å². The van der Waals surface area contributed by atoms with Crippen LogP contribution in [0.5, 0.6) is 0 Å². The Morgan fingerprint density at radius 3 is 2.52 bits per heavy atom. The summed E-state index contributed by atoms with van der Waals surface area (Å²) in [7, 11) is 1.82. The standard InChI is InChI=1S/C15H20ClN3O.ClH/c1-18-13-5-4-11(16)6-12(13)15(20)19-7-9-2-3-10(8-19)14(9)17;/h4-6,9-10,14,18H,2-3,7-8,17H2,1H3;1H/t9-,10+,14?;. The van der Waals surface area contributed by atoms with Crippen LogP contribution in [-0.2, 0) is 0 Å². The van der Waals surface area contributed by atoms with Gasteiger partial charge in [0.15, 0.2) is 0 Å². The largest absolute Gasteiger partial charge is 0.387 e. The number of benzene rings is 1. The number of fused-ring (bicyclic) bond motifs is 2. The Bertz CT molecular complexity index is 524. The van der Waals surface area contributed by atoms with E-state index in [4.69, 9.17) is 17.3 Å². The van der Waals surface area contributed by atoms with Crippen LogP contribution in [0.25, 0.3) is 0 Å². The Labute approximate surface area is 136 Å². The Hall–Kier alpha value is -0.970. The molecule has 0 radical (unpaired) electrons. The molecule has 0 aromatic heterocycles. The van der Waals surface area contributed by atoms with Crippen LogP contribution in [0.1, 0.15) is 23.2 Å². The van der Waals surface area contributed by atoms with E-state index in [1.165, 1.54) is 0 Å². The minimum absolute atomic E-state index is 0. The third-order valence-electron chi connectivity index (χ3n) is 4.68. The number of piperidine rings is 1. The average molecular weight is 330 g/mol. The van der Waals surface area contributed by atoms with E-state index in [0.717, 1.165) is 31.6 Å². The van der Waals surface area contributed by atoms with Crippen molar-refractivity contribution in [1.82, 2.24) is 4.90 Å². The van der Waals surface area contributed by atoms with Gasteiger partial charge in [-0.3, -0.25) is 4.79 Å². The van der Waals surface area contributed by atoms with Crippen LogP contribution >= 0.6 is 24.0 Å². The van der Waals surface area contributed by atoms with Gasteiger partial charge in [0.1, 0.15) is 0 Å². The number of nitrogens with two attached hydrogens (primary N) is 1. The van der Waals surface area contributed by atoms with Gasteiger partial charge in [0, 0.05) is 36.9 Å². The fourth-order valence-corrected chi connectivity index (χ4v) is 3.68. The summed E-state index contributed by atoms with van der Waals surface area (Å²) < 4.78 is 0. The van der Waals surface area contributed by atoms with Gasteiger partial charge in [-0.05, 0) is 42.9 Å². The van der Waals surface area contributed by atoms with Gasteiger partial charge < -0.3 is 16.0 Å². The number of hydrogen-bond donors (Lipinski definition) is 2. The van der Waals surface area contributed by atoms with Crippen LogP contribution < -0.4 is 11.1 Å². The number of nitrogens with zero attached hydrogens (tertiary/aromatic N) is 1. The Balaban J connectivity index is 0.00000161. The maximum absolute atomic E-state index is 12.7. The van der Waals surface area contributed by atoms with Gasteiger partial charge in [0.05, 0.1) is 5.56 Å². The van der Waals surface area contributed by atoms with E-state index < -0.39 is 0 Å². The quantitative estimate of drug-likeness (QED) is 0.876. The lowest BCUT2D eigenvalue weighted by atomic mass is 9.92. The van der Waals surface area contributed by atoms with Crippen molar-refractivity contribution in [2.24, 2.45) is 17.6 Å². The molecule has 1 aliphatic carbocycles. The molecule has 2 aliphatic rings. The molecule has 1 saturated heterocycles. The molecule has 3 N–H and O–H groups in total. The molecule has 3 rings (SSSR count). The normalized spacial score (nSPS) is 27.2. The predicted molar refractivity (Wildman–Crippen MR) is 88.3 cm³/mol. The SMILES string of the molecule is CNc1ccc(Cl)cc1C(=O)N1C[C@H]2CC[C@@H](C1)C2N.Cl. The van der Waals surface area contributed by atoms with E-state index in [1.54, 1.807) is 12.1 Å². The summed E-state index contributed by atoms with van der Waals surface area (Å²) in [5.74, 6) is 0.963. The molecule has 1 unspecified atom stereocenters. The Morgan fingerprint density at radius 1 is 1.33 bits per heavy atom. The predicted octanol–water partition coefficient (Wildman–Crippen LogP) is 2.61. The number of amides is 1. The van der Waals surface area contributed by atoms with Crippen LogP contribution in [0.4, 0.5) is 5.69 Å². The van der Waals surface area contributed by atoms with E-state index >= 15 is 0 Å². The van der Waals surface area contributed by atoms with Gasteiger partial charge in [-0.2, -0.15) is 0 Å². The molecular weight excluding hydrogens is 309 g/mol. The van der Waals surface area contributed by atoms with Crippen molar-refractivity contribution in [2.45, 2.75) is 18.9 Å². The first kappa shape index (κ1) is 16.4. The third kappa shape index (κ3) is 2.98. The van der Waals surface area contributed by atoms with Crippen molar-refractivity contribution in [3.05, 3.63) is 28.8 Å². The summed E-state index contributed by atoms with van der Waals surface area (Å²) in [5, 5.41) is 3.65. The van der Waals surface area contributed by atoms with Gasteiger partial charge in [0.25, 0.3) is 5.91 Å². The highest BCUT2D eigenvalue weighted by Crippen LogP contribution is 2.36. The fourth-order valence-electron chi connectivity index (χ4n) is 3.51. The van der Waals surface area contributed by atoms with E-state index in [1.807, 2.05) is 18.0 Å². The number of hydrogen-bond acceptors (Lipinski definition) is 3. The monoisotopic (exact) mass is 329 g/mol. The number of anilines is 1. The summed E-state index contributed by atoms with van der Waals surface area (Å²) in [5.41, 5.74) is 7.66. The van der Waals surface area contributed by atoms with Crippen molar-refractivity contribution >= 4 is 35.6 Å². The maximum atomic E-state index is 12.7. The maximum Gasteiger partial charge on any atom is 0.256 e. The molecule has 2 fully saturated rings. The molecule has 6 heteroatoms. The van der Waals surface area contributed by atoms with Crippen molar-refractivity contribution < 1.29 is 4.79 Å². The Kier molecular flexibility index (Phi) is 5.02. The lowest BCUT2D eigenvalue weighted by Gasteiger charge is -2.36. The summed E-state index contributed by atoms with van der Waals surface area (Å²) in [6.45, 7) is 1.54. The minimum atomic E-state index is 0. The molecule has 0 spiro atoms. The van der Waals surface area contributed by atoms with Crippen LogP contribution in [0.2, 0.25) is 5.02 Å². The molecule has 3 atom stereocenters. The van der Waals surface area contributed by atoms with Gasteiger partial charge in [-0.1, -0.05) is 11.6 Å². The second-order valence-corrected chi connectivity index (χ2v) is 6.26. The van der Waals surface area contributed by atoms with Crippen LogP contribution in [0, 0.1) is 11.8 Å². The summed E-state index contributed by atoms with van der Waals surface area (Å²) in [4.78, 5) is 14.7. The number of carbonyl (C=O) groups excluding carboxylic acids is 1. The van der Waals surface area contributed by atoms with E-state index in [2.05, 4.69) is 5.32 Å². The first-order valence-electron chi connectivity index (χ1n) is 7.12. The van der Waals surface area contributed by atoms with Crippen molar-refractivity contribution in [3.63, 3.8) is 0 Å². The van der Waals surface area contributed by atoms with Crippen molar-refractivity contribution in [2.75, 3.05) is 25.5 Å². The molecule has 2 bridgehead atoms. The fraction of sp³-hybridized carbons (Fsp3) is 0.533. The average Bonchev–Trinajstić information content (AvgIpc) is 2.68. The smallest absolute Gasteiger partial charge is 0.256 e. The molecule has 1 aromatic rings.